The molecule has 2 N–H and O–H groups in total. The number of rotatable bonds is 0. The summed E-state index contributed by atoms with van der Waals surface area (Å²) >= 11 is 0. The topological polar surface area (TPSA) is 68.7 Å². The van der Waals surface area contributed by atoms with Crippen molar-refractivity contribution in [3.63, 3.8) is 0 Å². The first-order chi connectivity index (χ1) is 10.4. The van der Waals surface area contributed by atoms with Crippen LogP contribution in [-0.4, -0.2) is 21.2 Å². The van der Waals surface area contributed by atoms with E-state index in [0.29, 0.717) is 0 Å². The summed E-state index contributed by atoms with van der Waals surface area (Å²) in [6.45, 7) is 3.81. The van der Waals surface area contributed by atoms with E-state index >= 15 is 0 Å². The predicted octanol–water partition coefficient (Wildman–Crippen LogP) is 1.49. The number of amides is 1. The number of carbonyl (C=O) groups excluding carboxylic acids is 1. The van der Waals surface area contributed by atoms with E-state index in [1.807, 2.05) is 44.2 Å². The molecule has 1 aromatic heterocycles. The number of fused-ring (bicyclic) bond motifs is 2. The van der Waals surface area contributed by atoms with Crippen LogP contribution in [0.4, 0.5) is 0 Å². The van der Waals surface area contributed by atoms with Gasteiger partial charge in [-0.3, -0.25) is 10.0 Å². The highest BCUT2D eigenvalue weighted by Gasteiger charge is 2.35. The molecule has 0 saturated carbocycles. The lowest BCUT2D eigenvalue weighted by Crippen LogP contribution is -2.25. The summed E-state index contributed by atoms with van der Waals surface area (Å²) in [5, 5.41) is 13.1. The molecule has 0 unspecified atom stereocenters. The van der Waals surface area contributed by atoms with Gasteiger partial charge in [-0.1, -0.05) is 0 Å². The number of nitrogens with one attached hydrogen (secondary N) is 1. The van der Waals surface area contributed by atoms with Gasteiger partial charge in [0.25, 0.3) is 5.91 Å². The van der Waals surface area contributed by atoms with Gasteiger partial charge in [0, 0.05) is 34.2 Å². The zero-order valence-corrected chi connectivity index (χ0v) is 12.3. The van der Waals surface area contributed by atoms with Gasteiger partial charge < -0.3 is 4.98 Å². The number of aromatic nitrogens is 1. The molecule has 1 amide bonds. The van der Waals surface area contributed by atoms with E-state index in [1.54, 1.807) is 12.4 Å². The smallest absolute Gasteiger partial charge is 0.256 e. The highest BCUT2D eigenvalue weighted by atomic mass is 16.5. The summed E-state index contributed by atoms with van der Waals surface area (Å²) in [6, 6.07) is 6.01. The Hall–Kier alpha value is -2.66. The number of benzene rings is 1. The maximum Gasteiger partial charge on any atom is 0.256 e. The van der Waals surface area contributed by atoms with Gasteiger partial charge in [-0.2, -0.15) is 0 Å². The van der Waals surface area contributed by atoms with Crippen LogP contribution in [-0.2, 0) is 10.2 Å². The number of hydrogen-bond acceptors (Lipinski definition) is 3. The molecule has 0 radical (unpaired) electrons. The molecule has 110 valence electrons. The third-order valence-corrected chi connectivity index (χ3v) is 4.29. The van der Waals surface area contributed by atoms with Crippen molar-refractivity contribution in [1.82, 2.24) is 10.0 Å². The number of hydroxylamine groups is 2. The third-order valence-electron chi connectivity index (χ3n) is 4.29. The summed E-state index contributed by atoms with van der Waals surface area (Å²) in [5.41, 5.74) is 2.34. The van der Waals surface area contributed by atoms with Crippen molar-refractivity contribution in [2.45, 2.75) is 19.3 Å². The molecule has 5 nitrogen and oxygen atoms in total. The Balaban J connectivity index is 1.97. The fraction of sp³-hybridized carbons (Fsp3) is 0.176. The molecule has 0 saturated heterocycles. The van der Waals surface area contributed by atoms with Gasteiger partial charge in [-0.15, -0.1) is 0 Å². The highest BCUT2D eigenvalue weighted by Crippen LogP contribution is 2.27. The lowest BCUT2D eigenvalue weighted by Gasteiger charge is -2.15. The number of aromatic amines is 1. The summed E-state index contributed by atoms with van der Waals surface area (Å²) in [6.07, 6.45) is 6.82. The van der Waals surface area contributed by atoms with Gasteiger partial charge in [0.1, 0.15) is 0 Å². The molecule has 2 aliphatic heterocycles. The van der Waals surface area contributed by atoms with Crippen LogP contribution in [0.1, 0.15) is 19.4 Å². The zero-order chi connectivity index (χ0) is 15.5. The van der Waals surface area contributed by atoms with Gasteiger partial charge in [-0.05, 0) is 49.8 Å². The van der Waals surface area contributed by atoms with Gasteiger partial charge in [0.2, 0.25) is 0 Å². The van der Waals surface area contributed by atoms with Crippen LogP contribution >= 0.6 is 0 Å². The number of H-pyrrole nitrogens is 1. The second-order valence-corrected chi connectivity index (χ2v) is 6.15. The van der Waals surface area contributed by atoms with Crippen molar-refractivity contribution < 1.29 is 10.0 Å². The quantitative estimate of drug-likeness (QED) is 0.773. The van der Waals surface area contributed by atoms with Gasteiger partial charge in [-0.25, -0.2) is 10.1 Å². The maximum absolute atomic E-state index is 12.0. The molecule has 0 atom stereocenters. The van der Waals surface area contributed by atoms with Gasteiger partial charge >= 0.3 is 0 Å². The van der Waals surface area contributed by atoms with Crippen LogP contribution in [0.5, 0.6) is 0 Å². The van der Waals surface area contributed by atoms with Crippen molar-refractivity contribution in [2.75, 3.05) is 0 Å². The lowest BCUT2D eigenvalue weighted by molar-refractivity contribution is -0.121. The van der Waals surface area contributed by atoms with Crippen LogP contribution in [0.25, 0.3) is 16.5 Å². The van der Waals surface area contributed by atoms with Crippen LogP contribution in [0.2, 0.25) is 0 Å². The molecular formula is C17H15N3O2. The summed E-state index contributed by atoms with van der Waals surface area (Å²) < 4.78 is 0. The van der Waals surface area contributed by atoms with E-state index in [4.69, 9.17) is 0 Å². The monoisotopic (exact) mass is 293 g/mol. The molecule has 2 aromatic rings. The number of hydrogen-bond donors (Lipinski definition) is 2. The van der Waals surface area contributed by atoms with Crippen molar-refractivity contribution in [1.29, 1.82) is 0 Å². The minimum atomic E-state index is -0.559. The zero-order valence-electron chi connectivity index (χ0n) is 12.3. The third kappa shape index (κ3) is 1.76. The van der Waals surface area contributed by atoms with Crippen molar-refractivity contribution in [2.24, 2.45) is 4.99 Å². The number of carbonyl (C=O) groups is 1. The second kappa shape index (κ2) is 4.18. The van der Waals surface area contributed by atoms with E-state index in [9.17, 15) is 10.0 Å². The molecule has 0 bridgehead atoms. The Morgan fingerprint density at radius 3 is 2.64 bits per heavy atom. The molecule has 0 spiro atoms. The SMILES string of the molecule is CC1(C)C(=O)N=c2cc3[nH]c(=C4C=CN(O)C=C4)cc3cc21. The minimum Gasteiger partial charge on any atom is -0.354 e. The average Bonchev–Trinajstić information content (AvgIpc) is 2.98. The maximum atomic E-state index is 12.0. The Labute approximate surface area is 126 Å². The first-order valence-corrected chi connectivity index (χ1v) is 7.09. The molecule has 4 rings (SSSR count). The van der Waals surface area contributed by atoms with Crippen molar-refractivity contribution in [3.8, 4) is 0 Å². The van der Waals surface area contributed by atoms with E-state index in [-0.39, 0.29) is 5.91 Å². The van der Waals surface area contributed by atoms with Gasteiger partial charge in [0.15, 0.2) is 0 Å². The molecule has 0 aliphatic carbocycles. The minimum absolute atomic E-state index is 0.0917. The summed E-state index contributed by atoms with van der Waals surface area (Å²) in [4.78, 5) is 19.5. The van der Waals surface area contributed by atoms with Crippen molar-refractivity contribution >= 4 is 22.4 Å². The summed E-state index contributed by atoms with van der Waals surface area (Å²) in [7, 11) is 0. The number of nitrogens with zero attached hydrogens (tertiary/aromatic N) is 2. The van der Waals surface area contributed by atoms with E-state index in [2.05, 4.69) is 9.98 Å². The number of allylic oxidation sites excluding steroid dienone is 2. The normalized spacial score (nSPS) is 19.0. The molecule has 1 aromatic carbocycles. The molecule has 3 heterocycles. The van der Waals surface area contributed by atoms with Crippen LogP contribution < -0.4 is 10.7 Å². The molecular weight excluding hydrogens is 278 g/mol. The average molecular weight is 293 g/mol. The van der Waals surface area contributed by atoms with Gasteiger partial charge in [0.05, 0.1) is 10.8 Å². The Morgan fingerprint density at radius 1 is 1.18 bits per heavy atom. The Kier molecular flexibility index (Phi) is 2.47. The van der Waals surface area contributed by atoms with E-state index in [0.717, 1.165) is 37.8 Å². The fourth-order valence-electron chi connectivity index (χ4n) is 2.88. The van der Waals surface area contributed by atoms with Crippen LogP contribution in [0, 0.1) is 0 Å². The van der Waals surface area contributed by atoms with Crippen LogP contribution in [0.3, 0.4) is 0 Å². The molecule has 5 heteroatoms. The first-order valence-electron chi connectivity index (χ1n) is 7.09. The largest absolute Gasteiger partial charge is 0.354 e. The standard InChI is InChI=1S/C17H15N3O2/c1-17(2)12-7-11-8-13(10-3-5-20(22)6-4-10)18-14(11)9-15(12)19-16(17)21/h3-9,18,22H,1-2H3. The lowest BCUT2D eigenvalue weighted by atomic mass is 9.85. The fourth-order valence-corrected chi connectivity index (χ4v) is 2.88. The second-order valence-electron chi connectivity index (χ2n) is 6.15. The van der Waals surface area contributed by atoms with E-state index < -0.39 is 5.41 Å². The predicted molar refractivity (Wildman–Crippen MR) is 82.4 cm³/mol. The summed E-state index contributed by atoms with van der Waals surface area (Å²) in [5.74, 6) is -0.0917. The molecule has 22 heavy (non-hydrogen) atoms. The highest BCUT2D eigenvalue weighted by molar-refractivity contribution is 5.93. The van der Waals surface area contributed by atoms with E-state index in [1.165, 1.54) is 0 Å². The Bertz CT molecular complexity index is 977. The first kappa shape index (κ1) is 13.0. The van der Waals surface area contributed by atoms with Crippen LogP contribution in [0.15, 0.2) is 47.7 Å². The Morgan fingerprint density at radius 2 is 1.91 bits per heavy atom. The molecule has 0 fully saturated rings. The molecule has 2 aliphatic rings. The van der Waals surface area contributed by atoms with Crippen molar-refractivity contribution in [3.05, 3.63) is 59.0 Å².